The zero-order valence-corrected chi connectivity index (χ0v) is 19.5. The van der Waals surface area contributed by atoms with Gasteiger partial charge in [0.1, 0.15) is 17.3 Å². The molecule has 3 aromatic rings. The molecule has 0 aromatic heterocycles. The minimum atomic E-state index is -0.268. The molecule has 0 saturated carbocycles. The first-order valence-electron chi connectivity index (χ1n) is 10.2. The Morgan fingerprint density at radius 2 is 1.61 bits per heavy atom. The molecular weight excluding hydrogens is 440 g/mol. The van der Waals surface area contributed by atoms with Crippen LogP contribution in [0.4, 0.5) is 5.69 Å². The average molecular weight is 463 g/mol. The molecule has 168 valence electrons. The van der Waals surface area contributed by atoms with Crippen molar-refractivity contribution in [2.24, 2.45) is 4.99 Å². The summed E-state index contributed by atoms with van der Waals surface area (Å²) in [4.78, 5) is 19.9. The van der Waals surface area contributed by atoms with Crippen LogP contribution in [0, 0.1) is 6.92 Å². The second-order valence-electron chi connectivity index (χ2n) is 7.30. The van der Waals surface area contributed by atoms with E-state index in [4.69, 9.17) is 30.8 Å². The highest BCUT2D eigenvalue weighted by Crippen LogP contribution is 2.35. The van der Waals surface area contributed by atoms with Gasteiger partial charge in [0.05, 0.1) is 27.0 Å². The van der Waals surface area contributed by atoms with Crippen LogP contribution in [-0.2, 0) is 4.79 Å². The molecule has 0 saturated heterocycles. The first-order chi connectivity index (χ1) is 16.0. The number of para-hydroxylation sites is 1. The molecule has 1 aliphatic heterocycles. The van der Waals surface area contributed by atoms with Crippen LogP contribution in [0.15, 0.2) is 71.4 Å². The SMILES string of the molecule is COc1ccccc1/C=C1/N=C(c2ccc(OC)c(OC)c2)N(c2cccc(Cl)c2C)C1=O. The van der Waals surface area contributed by atoms with Crippen molar-refractivity contribution in [2.75, 3.05) is 26.2 Å². The summed E-state index contributed by atoms with van der Waals surface area (Å²) >= 11 is 6.38. The quantitative estimate of drug-likeness (QED) is 0.453. The summed E-state index contributed by atoms with van der Waals surface area (Å²) in [5, 5.41) is 0.564. The molecule has 0 atom stereocenters. The zero-order chi connectivity index (χ0) is 23.5. The average Bonchev–Trinajstić information content (AvgIpc) is 3.16. The number of aliphatic imine (C=N–C) groups is 1. The molecule has 0 fully saturated rings. The highest BCUT2D eigenvalue weighted by molar-refractivity contribution is 6.35. The van der Waals surface area contributed by atoms with Crippen LogP contribution in [0.25, 0.3) is 6.08 Å². The molecule has 0 unspecified atom stereocenters. The van der Waals surface area contributed by atoms with E-state index in [1.165, 1.54) is 0 Å². The standard InChI is InChI=1S/C26H23ClN2O4/c1-16-19(27)9-7-10-21(16)29-25(18-12-13-23(32-3)24(15-18)33-4)28-20(26(29)30)14-17-8-5-6-11-22(17)31-2/h5-15H,1-4H3/b20-14+. The Balaban J connectivity index is 1.90. The van der Waals surface area contributed by atoms with E-state index in [-0.39, 0.29) is 11.6 Å². The first-order valence-corrected chi connectivity index (χ1v) is 10.6. The number of carbonyl (C=O) groups excluding carboxylic acids is 1. The predicted molar refractivity (Wildman–Crippen MR) is 131 cm³/mol. The third-order valence-electron chi connectivity index (χ3n) is 5.41. The van der Waals surface area contributed by atoms with Gasteiger partial charge < -0.3 is 14.2 Å². The van der Waals surface area contributed by atoms with E-state index < -0.39 is 0 Å². The highest BCUT2D eigenvalue weighted by Gasteiger charge is 2.34. The van der Waals surface area contributed by atoms with Crippen molar-refractivity contribution in [3.63, 3.8) is 0 Å². The molecular formula is C26H23ClN2O4. The molecule has 1 aliphatic rings. The third-order valence-corrected chi connectivity index (χ3v) is 5.82. The summed E-state index contributed by atoms with van der Waals surface area (Å²) in [6, 6.07) is 18.3. The van der Waals surface area contributed by atoms with Crippen LogP contribution in [0.1, 0.15) is 16.7 Å². The second kappa shape index (κ2) is 9.38. The molecule has 33 heavy (non-hydrogen) atoms. The lowest BCUT2D eigenvalue weighted by molar-refractivity contribution is -0.113. The van der Waals surface area contributed by atoms with Crippen LogP contribution in [0.5, 0.6) is 17.2 Å². The monoisotopic (exact) mass is 462 g/mol. The van der Waals surface area contributed by atoms with E-state index >= 15 is 0 Å². The topological polar surface area (TPSA) is 60.4 Å². The Bertz CT molecular complexity index is 1280. The van der Waals surface area contributed by atoms with E-state index in [0.717, 1.165) is 11.1 Å². The van der Waals surface area contributed by atoms with Crippen LogP contribution in [0.2, 0.25) is 5.02 Å². The number of nitrogens with zero attached hydrogens (tertiary/aromatic N) is 2. The number of benzene rings is 3. The second-order valence-corrected chi connectivity index (χ2v) is 7.71. The van der Waals surface area contributed by atoms with Crippen molar-refractivity contribution in [3.05, 3.63) is 88.1 Å². The number of carbonyl (C=O) groups is 1. The molecule has 6 nitrogen and oxygen atoms in total. The lowest BCUT2D eigenvalue weighted by atomic mass is 10.1. The summed E-state index contributed by atoms with van der Waals surface area (Å²) in [6.07, 6.45) is 1.72. The summed E-state index contributed by atoms with van der Waals surface area (Å²) in [5.74, 6) is 1.97. The number of amides is 1. The molecule has 3 aromatic carbocycles. The largest absolute Gasteiger partial charge is 0.496 e. The number of hydrogen-bond donors (Lipinski definition) is 0. The van der Waals surface area contributed by atoms with Crippen molar-refractivity contribution < 1.29 is 19.0 Å². The highest BCUT2D eigenvalue weighted by atomic mass is 35.5. The fraction of sp³-hybridized carbons (Fsp3) is 0.154. The Morgan fingerprint density at radius 3 is 2.33 bits per heavy atom. The van der Waals surface area contributed by atoms with Gasteiger partial charge in [0.15, 0.2) is 11.5 Å². The molecule has 0 aliphatic carbocycles. The van der Waals surface area contributed by atoms with Crippen molar-refractivity contribution in [1.82, 2.24) is 0 Å². The molecule has 4 rings (SSSR count). The van der Waals surface area contributed by atoms with Crippen LogP contribution in [-0.4, -0.2) is 33.1 Å². The van der Waals surface area contributed by atoms with Crippen molar-refractivity contribution >= 4 is 35.1 Å². The van der Waals surface area contributed by atoms with E-state index in [2.05, 4.69) is 0 Å². The van der Waals surface area contributed by atoms with Crippen molar-refractivity contribution in [2.45, 2.75) is 6.92 Å². The number of amidine groups is 1. The van der Waals surface area contributed by atoms with Gasteiger partial charge in [-0.15, -0.1) is 0 Å². The number of anilines is 1. The van der Waals surface area contributed by atoms with Crippen LogP contribution in [0.3, 0.4) is 0 Å². The molecule has 1 amide bonds. The molecule has 0 spiro atoms. The molecule has 1 heterocycles. The normalized spacial score (nSPS) is 14.5. The fourth-order valence-corrected chi connectivity index (χ4v) is 3.85. The Hall–Kier alpha value is -3.77. The van der Waals surface area contributed by atoms with Gasteiger partial charge in [0.25, 0.3) is 5.91 Å². The van der Waals surface area contributed by atoms with Gasteiger partial charge in [-0.3, -0.25) is 9.69 Å². The summed E-state index contributed by atoms with van der Waals surface area (Å²) in [7, 11) is 4.73. The Morgan fingerprint density at radius 1 is 0.879 bits per heavy atom. The van der Waals surface area contributed by atoms with Gasteiger partial charge in [-0.2, -0.15) is 0 Å². The van der Waals surface area contributed by atoms with Gasteiger partial charge in [0, 0.05) is 16.1 Å². The molecule has 0 N–H and O–H groups in total. The number of ether oxygens (including phenoxy) is 3. The molecule has 0 radical (unpaired) electrons. The first kappa shape index (κ1) is 22.4. The maximum Gasteiger partial charge on any atom is 0.282 e. The number of methoxy groups -OCH3 is 3. The van der Waals surface area contributed by atoms with Crippen molar-refractivity contribution in [1.29, 1.82) is 0 Å². The fourth-order valence-electron chi connectivity index (χ4n) is 3.68. The zero-order valence-electron chi connectivity index (χ0n) is 18.8. The van der Waals surface area contributed by atoms with Gasteiger partial charge in [-0.1, -0.05) is 35.9 Å². The minimum absolute atomic E-state index is 0.268. The predicted octanol–water partition coefficient (Wildman–Crippen LogP) is 5.51. The van der Waals surface area contributed by atoms with E-state index in [1.807, 2.05) is 49.4 Å². The van der Waals surface area contributed by atoms with E-state index in [0.29, 0.717) is 39.4 Å². The van der Waals surface area contributed by atoms with Gasteiger partial charge in [0.2, 0.25) is 0 Å². The molecule has 7 heteroatoms. The Labute approximate surface area is 197 Å². The number of hydrogen-bond acceptors (Lipinski definition) is 5. The third kappa shape index (κ3) is 4.17. The van der Waals surface area contributed by atoms with Crippen LogP contribution >= 0.6 is 11.6 Å². The van der Waals surface area contributed by atoms with Gasteiger partial charge in [-0.05, 0) is 55.0 Å². The molecule has 0 bridgehead atoms. The van der Waals surface area contributed by atoms with Crippen molar-refractivity contribution in [3.8, 4) is 17.2 Å². The Kier molecular flexibility index (Phi) is 6.38. The minimum Gasteiger partial charge on any atom is -0.496 e. The smallest absolute Gasteiger partial charge is 0.282 e. The van der Waals surface area contributed by atoms with Crippen LogP contribution < -0.4 is 19.1 Å². The maximum absolute atomic E-state index is 13.6. The summed E-state index contributed by atoms with van der Waals surface area (Å²) in [6.45, 7) is 1.87. The maximum atomic E-state index is 13.6. The lowest BCUT2D eigenvalue weighted by Gasteiger charge is -2.21. The summed E-state index contributed by atoms with van der Waals surface area (Å²) < 4.78 is 16.3. The summed E-state index contributed by atoms with van der Waals surface area (Å²) in [5.41, 5.74) is 3.17. The van der Waals surface area contributed by atoms with Gasteiger partial charge in [-0.25, -0.2) is 4.99 Å². The number of halogens is 1. The van der Waals surface area contributed by atoms with E-state index in [1.54, 1.807) is 50.5 Å². The van der Waals surface area contributed by atoms with Gasteiger partial charge >= 0.3 is 0 Å². The number of rotatable bonds is 6. The lowest BCUT2D eigenvalue weighted by Crippen LogP contribution is -2.33. The van der Waals surface area contributed by atoms with E-state index in [9.17, 15) is 4.79 Å².